The number of anilines is 1. The van der Waals surface area contributed by atoms with Gasteiger partial charge >= 0.3 is 0 Å². The van der Waals surface area contributed by atoms with Gasteiger partial charge in [-0.15, -0.1) is 11.3 Å². The average molecular weight is 438 g/mol. The third-order valence-electron chi connectivity index (χ3n) is 3.95. The largest absolute Gasteiger partial charge is 0.492 e. The number of nitrogens with one attached hydrogen (secondary N) is 1. The van der Waals surface area contributed by atoms with Crippen LogP contribution in [0.2, 0.25) is 0 Å². The van der Waals surface area contributed by atoms with E-state index < -0.39 is 0 Å². The molecule has 1 aromatic carbocycles. The Hall–Kier alpha value is -1.40. The van der Waals surface area contributed by atoms with E-state index in [0.29, 0.717) is 0 Å². The molecule has 0 aliphatic heterocycles. The molecule has 4 nitrogen and oxygen atoms in total. The maximum Gasteiger partial charge on any atom is 0.203 e. The Kier molecular flexibility index (Phi) is 9.71. The Balaban J connectivity index is 1.69. The Morgan fingerprint density at radius 2 is 1.96 bits per heavy atom. The molecule has 2 aromatic rings. The van der Waals surface area contributed by atoms with E-state index in [-0.39, 0.29) is 0 Å². The van der Waals surface area contributed by atoms with Gasteiger partial charge in [-0.05, 0) is 53.0 Å². The summed E-state index contributed by atoms with van der Waals surface area (Å²) in [4.78, 5) is 4.31. The lowest BCUT2D eigenvalue weighted by Gasteiger charge is -2.08. The number of unbranched alkanes of at least 4 members (excludes halogenated alkanes) is 6. The number of hydrazone groups is 1. The maximum absolute atomic E-state index is 5.88. The lowest BCUT2D eigenvalue weighted by molar-refractivity contribution is 0.302. The van der Waals surface area contributed by atoms with E-state index in [0.717, 1.165) is 39.6 Å². The molecular weight excluding hydrogens is 410 g/mol. The average Bonchev–Trinajstić information content (AvgIpc) is 3.04. The first-order valence-corrected chi connectivity index (χ1v) is 11.0. The summed E-state index contributed by atoms with van der Waals surface area (Å²) in [6, 6.07) is 6.00. The number of thiazole rings is 1. The Morgan fingerprint density at radius 3 is 2.65 bits per heavy atom. The van der Waals surface area contributed by atoms with Crippen LogP contribution in [-0.4, -0.2) is 17.8 Å². The van der Waals surface area contributed by atoms with Gasteiger partial charge in [-0.3, -0.25) is 5.43 Å². The molecule has 0 atom stereocenters. The number of halogens is 1. The third-order valence-corrected chi connectivity index (χ3v) is 5.44. The highest BCUT2D eigenvalue weighted by atomic mass is 79.9. The fourth-order valence-corrected chi connectivity index (χ4v) is 3.67. The molecule has 0 saturated heterocycles. The zero-order chi connectivity index (χ0) is 18.6. The highest BCUT2D eigenvalue weighted by Gasteiger charge is 2.02. The van der Waals surface area contributed by atoms with E-state index in [2.05, 4.69) is 38.4 Å². The SMILES string of the molecule is CCCCCCCCCOc1ccc(/C=N\Nc2nc(C)cs2)cc1Br. The van der Waals surface area contributed by atoms with Gasteiger partial charge < -0.3 is 4.74 Å². The number of hydrogen-bond donors (Lipinski definition) is 1. The van der Waals surface area contributed by atoms with Crippen LogP contribution < -0.4 is 10.2 Å². The van der Waals surface area contributed by atoms with Crippen molar-refractivity contribution >= 4 is 38.6 Å². The molecule has 0 radical (unpaired) electrons. The van der Waals surface area contributed by atoms with Crippen molar-refractivity contribution in [3.8, 4) is 5.75 Å². The monoisotopic (exact) mass is 437 g/mol. The molecule has 1 heterocycles. The number of benzene rings is 1. The summed E-state index contributed by atoms with van der Waals surface area (Å²) in [6.07, 6.45) is 10.8. The fraction of sp³-hybridized carbons (Fsp3) is 0.500. The van der Waals surface area contributed by atoms with E-state index in [4.69, 9.17) is 4.74 Å². The van der Waals surface area contributed by atoms with Gasteiger partial charge in [0, 0.05) is 5.38 Å². The Labute approximate surface area is 169 Å². The van der Waals surface area contributed by atoms with Crippen LogP contribution in [0.15, 0.2) is 33.2 Å². The first kappa shape index (κ1) is 20.9. The number of aromatic nitrogens is 1. The quantitative estimate of drug-likeness (QED) is 0.225. The van der Waals surface area contributed by atoms with Crippen molar-refractivity contribution in [1.29, 1.82) is 0 Å². The lowest BCUT2D eigenvalue weighted by atomic mass is 10.1. The maximum atomic E-state index is 5.88. The molecule has 2 rings (SSSR count). The van der Waals surface area contributed by atoms with Gasteiger partial charge in [0.25, 0.3) is 0 Å². The van der Waals surface area contributed by atoms with Gasteiger partial charge in [0.2, 0.25) is 5.13 Å². The molecule has 0 bridgehead atoms. The number of rotatable bonds is 12. The standard InChI is InChI=1S/C20H28BrN3OS/c1-3-4-5-6-7-8-9-12-25-19-11-10-17(13-18(19)21)14-22-24-20-23-16(2)15-26-20/h10-11,13-15H,3-9,12H2,1-2H3,(H,23,24)/b22-14-. The minimum atomic E-state index is 0.769. The van der Waals surface area contributed by atoms with Crippen molar-refractivity contribution in [2.75, 3.05) is 12.0 Å². The van der Waals surface area contributed by atoms with Gasteiger partial charge in [0.15, 0.2) is 0 Å². The summed E-state index contributed by atoms with van der Waals surface area (Å²) < 4.78 is 6.83. The lowest BCUT2D eigenvalue weighted by Crippen LogP contribution is -1.98. The smallest absolute Gasteiger partial charge is 0.203 e. The van der Waals surface area contributed by atoms with Crippen molar-refractivity contribution in [3.63, 3.8) is 0 Å². The van der Waals surface area contributed by atoms with Crippen molar-refractivity contribution < 1.29 is 4.74 Å². The van der Waals surface area contributed by atoms with E-state index in [1.54, 1.807) is 17.6 Å². The molecule has 26 heavy (non-hydrogen) atoms. The van der Waals surface area contributed by atoms with Crippen LogP contribution in [0.3, 0.4) is 0 Å². The molecule has 1 aromatic heterocycles. The van der Waals surface area contributed by atoms with Gasteiger partial charge in [-0.1, -0.05) is 45.4 Å². The third kappa shape index (κ3) is 7.87. The molecule has 142 valence electrons. The summed E-state index contributed by atoms with van der Waals surface area (Å²) in [5.74, 6) is 0.886. The number of hydrogen-bond acceptors (Lipinski definition) is 5. The molecule has 6 heteroatoms. The minimum absolute atomic E-state index is 0.769. The van der Waals surface area contributed by atoms with E-state index in [9.17, 15) is 0 Å². The predicted octanol–water partition coefficient (Wildman–Crippen LogP) is 6.79. The number of nitrogens with zero attached hydrogens (tertiary/aromatic N) is 2. The summed E-state index contributed by atoms with van der Waals surface area (Å²) in [5.41, 5.74) is 4.94. The molecule has 0 amide bonds. The van der Waals surface area contributed by atoms with Crippen LogP contribution in [0, 0.1) is 6.92 Å². The molecule has 0 fully saturated rings. The van der Waals surface area contributed by atoms with Crippen LogP contribution >= 0.6 is 27.3 Å². The zero-order valence-corrected chi connectivity index (χ0v) is 18.0. The zero-order valence-electron chi connectivity index (χ0n) is 15.6. The summed E-state index contributed by atoms with van der Waals surface area (Å²) in [6.45, 7) is 4.99. The van der Waals surface area contributed by atoms with Crippen molar-refractivity contribution in [2.24, 2.45) is 5.10 Å². The molecule has 0 aliphatic carbocycles. The molecule has 1 N–H and O–H groups in total. The van der Waals surface area contributed by atoms with Crippen molar-refractivity contribution in [1.82, 2.24) is 4.98 Å². The number of aryl methyl sites for hydroxylation is 1. The number of ether oxygens (including phenoxy) is 1. The normalized spacial score (nSPS) is 11.2. The first-order valence-electron chi connectivity index (χ1n) is 9.32. The van der Waals surface area contributed by atoms with E-state index >= 15 is 0 Å². The van der Waals surface area contributed by atoms with Gasteiger partial charge in [0.1, 0.15) is 5.75 Å². The second kappa shape index (κ2) is 12.1. The highest BCUT2D eigenvalue weighted by molar-refractivity contribution is 9.10. The minimum Gasteiger partial charge on any atom is -0.492 e. The van der Waals surface area contributed by atoms with Crippen LogP contribution in [-0.2, 0) is 0 Å². The molecule has 0 spiro atoms. The van der Waals surface area contributed by atoms with Crippen LogP contribution in [0.1, 0.15) is 63.1 Å². The van der Waals surface area contributed by atoms with Crippen LogP contribution in [0.25, 0.3) is 0 Å². The predicted molar refractivity (Wildman–Crippen MR) is 116 cm³/mol. The van der Waals surface area contributed by atoms with Crippen LogP contribution in [0.5, 0.6) is 5.75 Å². The van der Waals surface area contributed by atoms with Gasteiger partial charge in [0.05, 0.1) is 23.0 Å². The first-order chi connectivity index (χ1) is 12.7. The highest BCUT2D eigenvalue weighted by Crippen LogP contribution is 2.26. The summed E-state index contributed by atoms with van der Waals surface area (Å²) in [5, 5.41) is 7.01. The van der Waals surface area contributed by atoms with E-state index in [1.807, 2.05) is 30.5 Å². The van der Waals surface area contributed by atoms with Crippen molar-refractivity contribution in [2.45, 2.75) is 58.8 Å². The molecular formula is C20H28BrN3OS. The van der Waals surface area contributed by atoms with Crippen molar-refractivity contribution in [3.05, 3.63) is 39.3 Å². The molecule has 0 unspecified atom stereocenters. The topological polar surface area (TPSA) is 46.5 Å². The second-order valence-electron chi connectivity index (χ2n) is 6.32. The summed E-state index contributed by atoms with van der Waals surface area (Å²) in [7, 11) is 0. The Morgan fingerprint density at radius 1 is 1.19 bits per heavy atom. The molecule has 0 aliphatic rings. The second-order valence-corrected chi connectivity index (χ2v) is 8.04. The van der Waals surface area contributed by atoms with Gasteiger partial charge in [-0.2, -0.15) is 5.10 Å². The Bertz CT molecular complexity index is 687. The summed E-state index contributed by atoms with van der Waals surface area (Å²) >= 11 is 5.12. The van der Waals surface area contributed by atoms with Gasteiger partial charge in [-0.25, -0.2) is 4.98 Å². The van der Waals surface area contributed by atoms with E-state index in [1.165, 1.54) is 38.5 Å². The fourth-order valence-electron chi connectivity index (χ4n) is 2.52. The van der Waals surface area contributed by atoms with Crippen LogP contribution in [0.4, 0.5) is 5.13 Å². The molecule has 0 saturated carbocycles.